The van der Waals surface area contributed by atoms with Crippen molar-refractivity contribution in [3.05, 3.63) is 63.9 Å². The van der Waals surface area contributed by atoms with E-state index in [1.54, 1.807) is 38.4 Å². The van der Waals surface area contributed by atoms with Crippen LogP contribution in [0.4, 0.5) is 0 Å². The number of aliphatic hydroxyl groups excluding tert-OH is 2. The molecule has 0 heterocycles. The second-order valence-electron chi connectivity index (χ2n) is 10.8. The number of hydrogen-bond donors (Lipinski definition) is 5. The smallest absolute Gasteiger partial charge is 0.255 e. The number of nitrogens with two attached hydrogens (primary N) is 1. The number of oxime groups is 1. The highest BCUT2D eigenvalue weighted by Crippen LogP contribution is 2.53. The Morgan fingerprint density at radius 2 is 1.86 bits per heavy atom. The zero-order valence-electron chi connectivity index (χ0n) is 23.4. The van der Waals surface area contributed by atoms with Crippen molar-refractivity contribution in [3.63, 3.8) is 0 Å². The highest BCUT2D eigenvalue weighted by atomic mass is 16.6. The van der Waals surface area contributed by atoms with Crippen LogP contribution in [0.1, 0.15) is 23.1 Å². The molecular weight excluding hydrogens is 546 g/mol. The van der Waals surface area contributed by atoms with E-state index in [1.807, 2.05) is 0 Å². The number of benzene rings is 2. The molecule has 5 rings (SSSR count). The number of carbonyl (C=O) groups excluding carboxylic acids is 3. The molecular formula is C30H31N3O9. The third-order valence-electron chi connectivity index (χ3n) is 8.44. The fourth-order valence-electron chi connectivity index (χ4n) is 6.63. The Morgan fingerprint density at radius 1 is 1.14 bits per heavy atom. The summed E-state index contributed by atoms with van der Waals surface area (Å²) in [5.74, 6) is -6.44. The van der Waals surface area contributed by atoms with E-state index in [4.69, 9.17) is 15.3 Å². The number of nitrogens with zero attached hydrogens (tertiary/aromatic N) is 2. The molecule has 0 aliphatic heterocycles. The Bertz CT molecular complexity index is 1620. The molecule has 220 valence electrons. The van der Waals surface area contributed by atoms with Crippen molar-refractivity contribution in [2.24, 2.45) is 22.7 Å². The summed E-state index contributed by atoms with van der Waals surface area (Å²) < 4.78 is 5.41. The molecule has 42 heavy (non-hydrogen) atoms. The topological polar surface area (TPSA) is 192 Å². The number of amides is 1. The lowest BCUT2D eigenvalue weighted by molar-refractivity contribution is -0.153. The minimum atomic E-state index is -2.69. The number of phenolic OH excluding ortho intramolecular Hbond substituents is 1. The number of Topliss-reactive ketones (excluding diaryl/α,β-unsaturated/α-hetero) is 2. The monoisotopic (exact) mass is 577 g/mol. The number of aromatic hydroxyl groups is 1. The van der Waals surface area contributed by atoms with E-state index in [1.165, 1.54) is 31.4 Å². The molecule has 0 aromatic heterocycles. The fraction of sp³-hybridized carbons (Fsp3) is 0.333. The maximum Gasteiger partial charge on any atom is 0.255 e. The first kappa shape index (κ1) is 28.8. The molecule has 0 bridgehead atoms. The van der Waals surface area contributed by atoms with Gasteiger partial charge < -0.3 is 35.7 Å². The van der Waals surface area contributed by atoms with Gasteiger partial charge in [0.2, 0.25) is 5.78 Å². The van der Waals surface area contributed by atoms with Crippen molar-refractivity contribution in [3.8, 4) is 22.6 Å². The number of primary amides is 1. The van der Waals surface area contributed by atoms with Gasteiger partial charge in [0.15, 0.2) is 11.4 Å². The van der Waals surface area contributed by atoms with Crippen LogP contribution < -0.4 is 10.5 Å². The van der Waals surface area contributed by atoms with Gasteiger partial charge in [0.1, 0.15) is 35.7 Å². The van der Waals surface area contributed by atoms with Gasteiger partial charge in [-0.3, -0.25) is 19.3 Å². The third-order valence-corrected chi connectivity index (χ3v) is 8.44. The zero-order valence-corrected chi connectivity index (χ0v) is 23.4. The molecule has 6 N–H and O–H groups in total. The van der Waals surface area contributed by atoms with Crippen LogP contribution in [-0.4, -0.2) is 89.0 Å². The molecule has 0 spiro atoms. The number of rotatable bonds is 6. The number of ether oxygens (including phenoxy) is 1. The molecule has 1 amide bonds. The highest BCUT2D eigenvalue weighted by Gasteiger charge is 2.64. The maximum absolute atomic E-state index is 14.0. The first-order valence-corrected chi connectivity index (χ1v) is 13.1. The van der Waals surface area contributed by atoms with E-state index in [-0.39, 0.29) is 29.7 Å². The molecule has 1 fully saturated rings. The standard InChI is InChI=1S/C30H31N3O9/c1-33(2)24-18-11-14-10-17-16(13-5-8-20(41-3)15(9-13)12-32-42-4)6-7-19(34)22(17)25(35)21(14)27(37)30(18,40)28(38)23(26(24)36)29(31)39/h5-9,12,14,18,24,34-35,38,40H,10-11H2,1-4H3,(H2,31,39)/b32-12+/t14-,18-,24+,30-/m0/s1. The number of aliphatic hydroxyl groups is 3. The number of ketones is 2. The number of carbonyl (C=O) groups is 3. The Balaban J connectivity index is 1.71. The highest BCUT2D eigenvalue weighted by molar-refractivity contribution is 6.24. The van der Waals surface area contributed by atoms with Gasteiger partial charge in [-0.15, -0.1) is 0 Å². The summed E-state index contributed by atoms with van der Waals surface area (Å²) in [5, 5.41) is 48.9. The Kier molecular flexibility index (Phi) is 7.07. The predicted octanol–water partition coefficient (Wildman–Crippen LogP) is 1.62. The van der Waals surface area contributed by atoms with Gasteiger partial charge in [0, 0.05) is 17.1 Å². The first-order valence-electron chi connectivity index (χ1n) is 13.1. The first-order chi connectivity index (χ1) is 19.9. The Labute approximate surface area is 240 Å². The molecule has 0 saturated heterocycles. The summed E-state index contributed by atoms with van der Waals surface area (Å²) in [6.07, 6.45) is 1.63. The number of likely N-dealkylation sites (N-methyl/N-ethyl adjacent to an activating group) is 1. The van der Waals surface area contributed by atoms with E-state index in [2.05, 4.69) is 5.16 Å². The summed E-state index contributed by atoms with van der Waals surface area (Å²) in [6, 6.07) is 7.24. The second-order valence-corrected chi connectivity index (χ2v) is 10.8. The van der Waals surface area contributed by atoms with Crippen molar-refractivity contribution < 1.29 is 44.4 Å². The SMILES string of the molecule is CO/N=C/c1cc(-c2ccc(O)c3c2C[C@H]2C[C@H]4[C@@H](N(C)C)C(=O)C(C(N)=O)=C(O)[C@@]4(O)C(=O)C2=C3O)ccc1OC. The molecule has 4 atom stereocenters. The van der Waals surface area contributed by atoms with Gasteiger partial charge in [-0.25, -0.2) is 0 Å². The minimum Gasteiger partial charge on any atom is -0.508 e. The summed E-state index contributed by atoms with van der Waals surface area (Å²) in [6.45, 7) is 0. The summed E-state index contributed by atoms with van der Waals surface area (Å²) >= 11 is 0. The maximum atomic E-state index is 14.0. The molecule has 12 nitrogen and oxygen atoms in total. The normalized spacial score (nSPS) is 25.4. The summed E-state index contributed by atoms with van der Waals surface area (Å²) in [5.41, 5.74) is 4.12. The molecule has 0 unspecified atom stereocenters. The van der Waals surface area contributed by atoms with E-state index < -0.39 is 58.0 Å². The minimum absolute atomic E-state index is 0.00474. The van der Waals surface area contributed by atoms with Crippen LogP contribution >= 0.6 is 0 Å². The average molecular weight is 578 g/mol. The molecule has 12 heteroatoms. The number of phenols is 1. The Morgan fingerprint density at radius 3 is 2.48 bits per heavy atom. The lowest BCUT2D eigenvalue weighted by Gasteiger charge is -2.50. The molecule has 1 saturated carbocycles. The van der Waals surface area contributed by atoms with Crippen LogP contribution in [0.25, 0.3) is 16.9 Å². The van der Waals surface area contributed by atoms with Gasteiger partial charge in [0.05, 0.1) is 24.9 Å². The quantitative estimate of drug-likeness (QED) is 0.191. The van der Waals surface area contributed by atoms with Crippen molar-refractivity contribution in [2.45, 2.75) is 24.5 Å². The fourth-order valence-corrected chi connectivity index (χ4v) is 6.63. The van der Waals surface area contributed by atoms with Gasteiger partial charge in [-0.1, -0.05) is 17.3 Å². The number of hydrogen-bond acceptors (Lipinski definition) is 11. The lowest BCUT2D eigenvalue weighted by atomic mass is 9.57. The van der Waals surface area contributed by atoms with Gasteiger partial charge in [-0.2, -0.15) is 0 Å². The van der Waals surface area contributed by atoms with Crippen LogP contribution in [-0.2, 0) is 25.6 Å². The van der Waals surface area contributed by atoms with Crippen LogP contribution in [0.2, 0.25) is 0 Å². The van der Waals surface area contributed by atoms with E-state index in [0.717, 1.165) is 0 Å². The predicted molar refractivity (Wildman–Crippen MR) is 151 cm³/mol. The molecule has 0 radical (unpaired) electrons. The van der Waals surface area contributed by atoms with Crippen LogP contribution in [0.15, 0.2) is 52.4 Å². The van der Waals surface area contributed by atoms with E-state index in [9.17, 15) is 34.8 Å². The third kappa shape index (κ3) is 4.05. The summed E-state index contributed by atoms with van der Waals surface area (Å²) in [4.78, 5) is 45.7. The average Bonchev–Trinajstić information content (AvgIpc) is 2.93. The number of fused-ring (bicyclic) bond motifs is 3. The molecule has 3 aliphatic carbocycles. The van der Waals surface area contributed by atoms with Crippen molar-refractivity contribution in [2.75, 3.05) is 28.3 Å². The van der Waals surface area contributed by atoms with Gasteiger partial charge >= 0.3 is 0 Å². The van der Waals surface area contributed by atoms with Crippen molar-refractivity contribution in [1.82, 2.24) is 4.90 Å². The lowest BCUT2D eigenvalue weighted by Crippen LogP contribution is -2.65. The second kappa shape index (κ2) is 10.3. The molecule has 3 aliphatic rings. The molecule has 2 aromatic rings. The molecule has 2 aromatic carbocycles. The van der Waals surface area contributed by atoms with Crippen LogP contribution in [0.3, 0.4) is 0 Å². The number of methoxy groups -OCH3 is 1. The van der Waals surface area contributed by atoms with Crippen LogP contribution in [0, 0.1) is 11.8 Å². The van der Waals surface area contributed by atoms with Crippen LogP contribution in [0.5, 0.6) is 11.5 Å². The Hall–Kier alpha value is -4.68. The largest absolute Gasteiger partial charge is 0.508 e. The van der Waals surface area contributed by atoms with Crippen molar-refractivity contribution in [1.29, 1.82) is 0 Å². The van der Waals surface area contributed by atoms with Crippen molar-refractivity contribution >= 4 is 29.4 Å². The zero-order chi connectivity index (χ0) is 30.7. The van der Waals surface area contributed by atoms with E-state index in [0.29, 0.717) is 28.0 Å². The summed E-state index contributed by atoms with van der Waals surface area (Å²) in [7, 11) is 6.03. The van der Waals surface area contributed by atoms with Gasteiger partial charge in [0.25, 0.3) is 5.91 Å². The van der Waals surface area contributed by atoms with E-state index >= 15 is 0 Å². The van der Waals surface area contributed by atoms with Gasteiger partial charge in [-0.05, 0) is 67.7 Å².